The molecule has 3 aromatic rings. The molecule has 0 bridgehead atoms. The number of carbonyl (C=O) groups excluding carboxylic acids is 9. The SMILES string of the molecule is CN(CCCN(CC(O)CN(C)C(=O)c1c(I)c(NC(=O)CO)c(I)c(C(=O)NCC(O)CO)c1I)C(=O)c1c(I)c(NC(=O)CO)c(I)c(C(=O)NCC(O)CO)c1I)C(=O)c1c(I)c(NC(=O)CO)c(I)c(C(=O)NCC(O)CO)c1I. The molecule has 464 valence electrons. The molecule has 3 aromatic carbocycles. The van der Waals surface area contributed by atoms with Crippen LogP contribution >= 0.6 is 203 Å². The maximum absolute atomic E-state index is 15.3. The van der Waals surface area contributed by atoms with Crippen molar-refractivity contribution < 1.29 is 94.2 Å². The van der Waals surface area contributed by atoms with Gasteiger partial charge in [0.05, 0.1) is 116 Å². The third-order valence-electron chi connectivity index (χ3n) is 11.4. The Labute approximate surface area is 601 Å². The summed E-state index contributed by atoms with van der Waals surface area (Å²) >= 11 is 15.9. The number of hydrogen-bond acceptors (Lipinski definition) is 19. The predicted molar refractivity (Wildman–Crippen MR) is 378 cm³/mol. The minimum atomic E-state index is -1.63. The third-order valence-corrected chi connectivity index (χ3v) is 21.2. The summed E-state index contributed by atoms with van der Waals surface area (Å²) in [6.45, 7) is -7.80. The number of halogens is 9. The quantitative estimate of drug-likeness (QED) is 0.0404. The van der Waals surface area contributed by atoms with Crippen molar-refractivity contribution in [2.24, 2.45) is 0 Å². The van der Waals surface area contributed by atoms with Gasteiger partial charge in [0.2, 0.25) is 17.7 Å². The Morgan fingerprint density at radius 2 is 0.667 bits per heavy atom. The molecule has 3 rings (SSSR count). The lowest BCUT2D eigenvalue weighted by Crippen LogP contribution is -2.45. The average Bonchev–Trinajstić information content (AvgIpc) is 2.03. The number of likely N-dealkylation sites (N-methyl/N-ethyl adjacent to an activating group) is 1. The van der Waals surface area contributed by atoms with E-state index in [0.717, 1.165) is 9.80 Å². The van der Waals surface area contributed by atoms with Crippen molar-refractivity contribution in [3.8, 4) is 0 Å². The average molecular weight is 2190 g/mol. The minimum absolute atomic E-state index is 0.00431. The number of anilines is 3. The van der Waals surface area contributed by atoms with Gasteiger partial charge in [-0.05, 0) is 210 Å². The van der Waals surface area contributed by atoms with Crippen LogP contribution in [0.4, 0.5) is 17.1 Å². The molecular weight excluding hydrogens is 2140 g/mol. The Bertz CT molecular complexity index is 3020. The smallest absolute Gasteiger partial charge is 0.256 e. The summed E-state index contributed by atoms with van der Waals surface area (Å²) in [5.74, 6) is -7.51. The normalized spacial score (nSPS) is 12.5. The Hall–Kier alpha value is -0.940. The summed E-state index contributed by atoms with van der Waals surface area (Å²) < 4.78 is 0.965. The monoisotopic (exact) mass is 2190 g/mol. The second-order valence-electron chi connectivity index (χ2n) is 17.6. The number of hydrogen-bond donors (Lipinski definition) is 16. The fraction of sp³-hybridized carbons (Fsp3) is 0.426. The fourth-order valence-electron chi connectivity index (χ4n) is 7.24. The van der Waals surface area contributed by atoms with Crippen LogP contribution < -0.4 is 31.9 Å². The molecule has 0 heterocycles. The van der Waals surface area contributed by atoms with Crippen LogP contribution in [0.2, 0.25) is 0 Å². The Morgan fingerprint density at radius 3 is 0.964 bits per heavy atom. The lowest BCUT2D eigenvalue weighted by molar-refractivity contribution is -0.119. The van der Waals surface area contributed by atoms with E-state index >= 15 is 4.79 Å². The lowest BCUT2D eigenvalue weighted by Gasteiger charge is -2.30. The van der Waals surface area contributed by atoms with Crippen molar-refractivity contribution in [1.82, 2.24) is 30.7 Å². The van der Waals surface area contributed by atoms with Crippen LogP contribution in [0.25, 0.3) is 0 Å². The maximum Gasteiger partial charge on any atom is 0.256 e. The van der Waals surface area contributed by atoms with Crippen LogP contribution in [-0.4, -0.2) is 243 Å². The third kappa shape index (κ3) is 20.3. The van der Waals surface area contributed by atoms with Gasteiger partial charge in [-0.25, -0.2) is 0 Å². The van der Waals surface area contributed by atoms with Gasteiger partial charge < -0.3 is 97.7 Å². The zero-order valence-electron chi connectivity index (χ0n) is 43.6. The summed E-state index contributed by atoms with van der Waals surface area (Å²) in [5, 5.41) is 114. The summed E-state index contributed by atoms with van der Waals surface area (Å²) in [4.78, 5) is 127. The molecule has 0 aliphatic heterocycles. The summed E-state index contributed by atoms with van der Waals surface area (Å²) in [6, 6.07) is 0. The van der Waals surface area contributed by atoms with Crippen LogP contribution in [-0.2, 0) is 14.4 Å². The Morgan fingerprint density at radius 1 is 0.381 bits per heavy atom. The summed E-state index contributed by atoms with van der Waals surface area (Å²) in [7, 11) is 2.70. The van der Waals surface area contributed by atoms with Gasteiger partial charge in [0.25, 0.3) is 35.4 Å². The van der Waals surface area contributed by atoms with Crippen molar-refractivity contribution >= 4 is 274 Å². The van der Waals surface area contributed by atoms with Gasteiger partial charge >= 0.3 is 0 Å². The highest BCUT2D eigenvalue weighted by Crippen LogP contribution is 2.40. The van der Waals surface area contributed by atoms with Gasteiger partial charge in [-0.15, -0.1) is 0 Å². The van der Waals surface area contributed by atoms with Gasteiger partial charge in [-0.1, -0.05) is 0 Å². The Balaban J connectivity index is 2.24. The van der Waals surface area contributed by atoms with Gasteiger partial charge in [-0.2, -0.15) is 0 Å². The number of rotatable bonds is 29. The molecule has 0 radical (unpaired) electrons. The van der Waals surface area contributed by atoms with E-state index in [4.69, 9.17) is 0 Å². The number of nitrogens with one attached hydrogen (secondary N) is 6. The van der Waals surface area contributed by atoms with E-state index in [-0.39, 0.29) is 109 Å². The van der Waals surface area contributed by atoms with E-state index in [1.54, 1.807) is 203 Å². The van der Waals surface area contributed by atoms with Crippen LogP contribution in [0.1, 0.15) is 68.6 Å². The zero-order chi connectivity index (χ0) is 63.8. The van der Waals surface area contributed by atoms with Crippen LogP contribution in [0, 0.1) is 32.1 Å². The van der Waals surface area contributed by atoms with E-state index in [1.165, 1.54) is 19.0 Å². The van der Waals surface area contributed by atoms with E-state index in [1.807, 2.05) is 0 Å². The van der Waals surface area contributed by atoms with E-state index in [0.29, 0.717) is 0 Å². The fourth-order valence-corrected chi connectivity index (χ4v) is 20.4. The largest absolute Gasteiger partial charge is 0.394 e. The van der Waals surface area contributed by atoms with Crippen molar-refractivity contribution in [3.05, 3.63) is 65.5 Å². The minimum Gasteiger partial charge on any atom is -0.394 e. The first-order valence-corrected chi connectivity index (χ1v) is 33.6. The molecule has 0 aromatic heterocycles. The molecule has 0 saturated heterocycles. The molecule has 84 heavy (non-hydrogen) atoms. The first kappa shape index (κ1) is 77.3. The zero-order valence-corrected chi connectivity index (χ0v) is 63.0. The number of aliphatic hydroxyl groups is 10. The van der Waals surface area contributed by atoms with Crippen LogP contribution in [0.3, 0.4) is 0 Å². The second-order valence-corrected chi connectivity index (χ2v) is 27.3. The molecule has 28 nitrogen and oxygen atoms in total. The first-order chi connectivity index (χ1) is 39.4. The summed E-state index contributed by atoms with van der Waals surface area (Å²) in [5.41, 5.74) is -0.890. The molecule has 0 spiro atoms. The molecule has 16 N–H and O–H groups in total. The van der Waals surface area contributed by atoms with E-state index in [9.17, 15) is 89.4 Å². The van der Waals surface area contributed by atoms with Gasteiger partial charge in [0.15, 0.2) is 0 Å². The first-order valence-electron chi connectivity index (χ1n) is 23.9. The molecule has 0 fully saturated rings. The molecule has 4 unspecified atom stereocenters. The number of aliphatic hydroxyl groups excluding tert-OH is 10. The molecule has 4 atom stereocenters. The maximum atomic E-state index is 15.3. The lowest BCUT2D eigenvalue weighted by atomic mass is 10.1. The van der Waals surface area contributed by atoms with Crippen molar-refractivity contribution in [1.29, 1.82) is 0 Å². The highest BCUT2D eigenvalue weighted by atomic mass is 127. The van der Waals surface area contributed by atoms with Gasteiger partial charge in [0.1, 0.15) is 19.8 Å². The molecule has 37 heteroatoms. The van der Waals surface area contributed by atoms with Crippen LogP contribution in [0.5, 0.6) is 0 Å². The van der Waals surface area contributed by atoms with Crippen molar-refractivity contribution in [2.45, 2.75) is 30.8 Å². The molecule has 0 aliphatic carbocycles. The number of benzene rings is 3. The highest BCUT2D eigenvalue weighted by Gasteiger charge is 2.35. The molecule has 0 aliphatic rings. The van der Waals surface area contributed by atoms with E-state index in [2.05, 4.69) is 31.9 Å². The number of carbonyl (C=O) groups is 9. The second kappa shape index (κ2) is 36.8. The van der Waals surface area contributed by atoms with Gasteiger partial charge in [0, 0.05) is 70.6 Å². The topological polar surface area (TPSA) is 438 Å². The highest BCUT2D eigenvalue weighted by molar-refractivity contribution is 14.1. The molecule has 9 amide bonds. The molecule has 0 saturated carbocycles. The van der Waals surface area contributed by atoms with Gasteiger partial charge in [-0.3, -0.25) is 43.2 Å². The van der Waals surface area contributed by atoms with Crippen LogP contribution in [0.15, 0.2) is 0 Å². The number of nitrogens with zero attached hydrogens (tertiary/aromatic N) is 3. The number of amides is 9. The summed E-state index contributed by atoms with van der Waals surface area (Å²) in [6.07, 6.45) is -5.76. The van der Waals surface area contributed by atoms with Crippen molar-refractivity contribution in [2.75, 3.05) is 116 Å². The van der Waals surface area contributed by atoms with E-state index < -0.39 is 143 Å². The molecular formula is C47H54I9N9O19. The van der Waals surface area contributed by atoms with Crippen molar-refractivity contribution in [3.63, 3.8) is 0 Å². The standard InChI is InChI=1S/C47H54I9N9O19/c1-63(45(82)27-30(48)24(42(79)57-6-17(72)11-66)33(51)39(36(27)54)60-21(76)14-69)4-3-5-65(47(84)29-32(50)26(44(81)59-8-19(74)13-68)35(53)41(38(29)56)62-23(78)16-71)10-20(75)9-64(2)46(83)28-31(49)25(43(80)58-7-18(73)12-67)34(52)40(37(28)55)61-22(77)15-70/h17-20,66-75H,3-16H2,1-2H3,(H,57,79)(H,58,80)(H,59,81)(H,60,76)(H,61,77)(H,62,78). The predicted octanol–water partition coefficient (Wildman–Crippen LogP) is -0.0930. The Kier molecular flexibility index (Phi) is 33.9.